The minimum atomic E-state index is -0.456. The van der Waals surface area contributed by atoms with Crippen LogP contribution < -0.4 is 0 Å². The van der Waals surface area contributed by atoms with Gasteiger partial charge in [-0.25, -0.2) is 0 Å². The molecular weight excluding hydrogens is 200 g/mol. The van der Waals surface area contributed by atoms with Crippen molar-refractivity contribution >= 4 is 11.6 Å². The molecule has 0 radical (unpaired) electrons. The van der Waals surface area contributed by atoms with Crippen LogP contribution in [0, 0.1) is 5.92 Å². The summed E-state index contributed by atoms with van der Waals surface area (Å²) in [6, 6.07) is 9.05. The summed E-state index contributed by atoms with van der Waals surface area (Å²) in [7, 11) is 0. The molecule has 0 N–H and O–H groups in total. The summed E-state index contributed by atoms with van der Waals surface area (Å²) in [6.45, 7) is 3.56. The quantitative estimate of drug-likeness (QED) is 0.542. The van der Waals surface area contributed by atoms with Crippen molar-refractivity contribution in [3.05, 3.63) is 35.9 Å². The van der Waals surface area contributed by atoms with Crippen molar-refractivity contribution < 1.29 is 9.59 Å². The van der Waals surface area contributed by atoms with E-state index in [0.717, 1.165) is 12.8 Å². The number of carbonyl (C=O) groups excluding carboxylic acids is 2. The summed E-state index contributed by atoms with van der Waals surface area (Å²) in [5, 5.41) is 0. The van der Waals surface area contributed by atoms with Crippen LogP contribution in [0.2, 0.25) is 0 Å². The van der Waals surface area contributed by atoms with Crippen molar-refractivity contribution in [1.29, 1.82) is 0 Å². The lowest BCUT2D eigenvalue weighted by Gasteiger charge is -2.11. The number of carbonyl (C=O) groups is 2. The molecule has 1 unspecified atom stereocenters. The third-order valence-corrected chi connectivity index (χ3v) is 2.71. The average molecular weight is 218 g/mol. The van der Waals surface area contributed by atoms with Gasteiger partial charge in [0.1, 0.15) is 5.78 Å². The van der Waals surface area contributed by atoms with Crippen molar-refractivity contribution in [2.75, 3.05) is 0 Å². The molecule has 1 aromatic rings. The zero-order valence-electron chi connectivity index (χ0n) is 9.90. The SMILES string of the molecule is CCCCC(C(C)=O)C(=O)c1ccccc1. The molecule has 0 saturated carbocycles. The first kappa shape index (κ1) is 12.6. The maximum atomic E-state index is 12.1. The van der Waals surface area contributed by atoms with Gasteiger partial charge in [0.25, 0.3) is 0 Å². The number of unbranched alkanes of at least 4 members (excludes halogenated alkanes) is 1. The molecule has 2 nitrogen and oxygen atoms in total. The number of ketones is 2. The molecule has 0 aliphatic carbocycles. The lowest BCUT2D eigenvalue weighted by molar-refractivity contribution is -0.119. The molecule has 0 aliphatic rings. The Bertz CT molecular complexity index is 354. The maximum absolute atomic E-state index is 12.1. The minimum absolute atomic E-state index is 0.0256. The Morgan fingerprint density at radius 2 is 1.81 bits per heavy atom. The Hall–Kier alpha value is -1.44. The molecule has 1 aromatic carbocycles. The molecule has 0 amide bonds. The van der Waals surface area contributed by atoms with Crippen molar-refractivity contribution in [2.45, 2.75) is 33.1 Å². The number of hydrogen-bond acceptors (Lipinski definition) is 2. The van der Waals surface area contributed by atoms with E-state index in [9.17, 15) is 9.59 Å². The fourth-order valence-electron chi connectivity index (χ4n) is 1.73. The minimum Gasteiger partial charge on any atom is -0.299 e. The molecule has 86 valence electrons. The predicted molar refractivity (Wildman–Crippen MR) is 64.5 cm³/mol. The number of Topliss-reactive ketones (excluding diaryl/α,β-unsaturated/α-hetero) is 2. The van der Waals surface area contributed by atoms with Gasteiger partial charge in [0, 0.05) is 5.56 Å². The van der Waals surface area contributed by atoms with Gasteiger partial charge in [-0.1, -0.05) is 50.1 Å². The van der Waals surface area contributed by atoms with Gasteiger partial charge in [-0.3, -0.25) is 9.59 Å². The standard InChI is InChI=1S/C14H18O2/c1-3-4-10-13(11(2)15)14(16)12-8-6-5-7-9-12/h5-9,13H,3-4,10H2,1-2H3. The number of hydrogen-bond donors (Lipinski definition) is 0. The fourth-order valence-corrected chi connectivity index (χ4v) is 1.73. The summed E-state index contributed by atoms with van der Waals surface area (Å²) in [5.74, 6) is -0.522. The van der Waals surface area contributed by atoms with Crippen LogP contribution in [0.4, 0.5) is 0 Å². The first-order chi connectivity index (χ1) is 7.66. The van der Waals surface area contributed by atoms with Crippen LogP contribution in [0.25, 0.3) is 0 Å². The monoisotopic (exact) mass is 218 g/mol. The average Bonchev–Trinajstić information content (AvgIpc) is 2.30. The molecular formula is C14H18O2. The van der Waals surface area contributed by atoms with Crippen LogP contribution in [0.1, 0.15) is 43.5 Å². The highest BCUT2D eigenvalue weighted by Gasteiger charge is 2.23. The van der Waals surface area contributed by atoms with E-state index in [-0.39, 0.29) is 11.6 Å². The van der Waals surface area contributed by atoms with Crippen molar-refractivity contribution in [3.63, 3.8) is 0 Å². The smallest absolute Gasteiger partial charge is 0.173 e. The number of benzene rings is 1. The van der Waals surface area contributed by atoms with Gasteiger partial charge in [-0.2, -0.15) is 0 Å². The van der Waals surface area contributed by atoms with E-state index in [4.69, 9.17) is 0 Å². The van der Waals surface area contributed by atoms with Crippen LogP contribution in [0.5, 0.6) is 0 Å². The van der Waals surface area contributed by atoms with Crippen LogP contribution in [0.15, 0.2) is 30.3 Å². The van der Waals surface area contributed by atoms with Gasteiger partial charge in [-0.05, 0) is 13.3 Å². The molecule has 0 aromatic heterocycles. The third-order valence-electron chi connectivity index (χ3n) is 2.71. The number of rotatable bonds is 6. The van der Waals surface area contributed by atoms with E-state index in [2.05, 4.69) is 6.92 Å². The van der Waals surface area contributed by atoms with Crippen molar-refractivity contribution in [3.8, 4) is 0 Å². The Labute approximate surface area is 96.7 Å². The van der Waals surface area contributed by atoms with Crippen LogP contribution in [0.3, 0.4) is 0 Å². The van der Waals surface area contributed by atoms with Gasteiger partial charge < -0.3 is 0 Å². The Morgan fingerprint density at radius 1 is 1.19 bits per heavy atom. The van der Waals surface area contributed by atoms with E-state index in [1.807, 2.05) is 18.2 Å². The summed E-state index contributed by atoms with van der Waals surface area (Å²) >= 11 is 0. The topological polar surface area (TPSA) is 34.1 Å². The van der Waals surface area contributed by atoms with Gasteiger partial charge in [-0.15, -0.1) is 0 Å². The highest BCUT2D eigenvalue weighted by atomic mass is 16.1. The third kappa shape index (κ3) is 3.30. The highest BCUT2D eigenvalue weighted by molar-refractivity contribution is 6.09. The van der Waals surface area contributed by atoms with E-state index >= 15 is 0 Å². The van der Waals surface area contributed by atoms with E-state index in [0.29, 0.717) is 12.0 Å². The fraction of sp³-hybridized carbons (Fsp3) is 0.429. The molecule has 16 heavy (non-hydrogen) atoms. The zero-order valence-corrected chi connectivity index (χ0v) is 9.90. The molecule has 0 fully saturated rings. The van der Waals surface area contributed by atoms with Crippen LogP contribution in [-0.4, -0.2) is 11.6 Å². The van der Waals surface area contributed by atoms with E-state index in [1.165, 1.54) is 6.92 Å². The molecule has 2 heteroatoms. The maximum Gasteiger partial charge on any atom is 0.173 e. The lowest BCUT2D eigenvalue weighted by Crippen LogP contribution is -2.22. The van der Waals surface area contributed by atoms with Gasteiger partial charge in [0.2, 0.25) is 0 Å². The first-order valence-corrected chi connectivity index (χ1v) is 5.76. The highest BCUT2D eigenvalue weighted by Crippen LogP contribution is 2.16. The molecule has 0 aliphatic heterocycles. The van der Waals surface area contributed by atoms with Crippen LogP contribution in [-0.2, 0) is 4.79 Å². The van der Waals surface area contributed by atoms with E-state index < -0.39 is 5.92 Å². The van der Waals surface area contributed by atoms with Gasteiger partial charge >= 0.3 is 0 Å². The molecule has 0 heterocycles. The molecule has 0 saturated heterocycles. The van der Waals surface area contributed by atoms with Crippen LogP contribution >= 0.6 is 0 Å². The zero-order chi connectivity index (χ0) is 12.0. The molecule has 1 atom stereocenters. The summed E-state index contributed by atoms with van der Waals surface area (Å²) in [4.78, 5) is 23.5. The summed E-state index contributed by atoms with van der Waals surface area (Å²) in [6.07, 6.45) is 2.59. The summed E-state index contributed by atoms with van der Waals surface area (Å²) < 4.78 is 0. The largest absolute Gasteiger partial charge is 0.299 e. The van der Waals surface area contributed by atoms with E-state index in [1.54, 1.807) is 12.1 Å². The Balaban J connectivity index is 2.79. The predicted octanol–water partition coefficient (Wildman–Crippen LogP) is 3.26. The van der Waals surface area contributed by atoms with Crippen molar-refractivity contribution in [2.24, 2.45) is 5.92 Å². The Kier molecular flexibility index (Phi) is 4.90. The normalized spacial score (nSPS) is 12.1. The molecule has 0 spiro atoms. The molecule has 0 bridgehead atoms. The Morgan fingerprint density at radius 3 is 2.31 bits per heavy atom. The first-order valence-electron chi connectivity index (χ1n) is 5.76. The molecule has 1 rings (SSSR count). The second kappa shape index (κ2) is 6.21. The summed E-state index contributed by atoms with van der Waals surface area (Å²) in [5.41, 5.74) is 0.638. The second-order valence-electron chi connectivity index (χ2n) is 4.04. The van der Waals surface area contributed by atoms with Crippen molar-refractivity contribution in [1.82, 2.24) is 0 Å². The van der Waals surface area contributed by atoms with Gasteiger partial charge in [0.15, 0.2) is 5.78 Å². The lowest BCUT2D eigenvalue weighted by atomic mass is 9.90. The second-order valence-corrected chi connectivity index (χ2v) is 4.04. The van der Waals surface area contributed by atoms with Gasteiger partial charge in [0.05, 0.1) is 5.92 Å².